The van der Waals surface area contributed by atoms with E-state index in [1.54, 1.807) is 0 Å². The number of likely N-dealkylation sites (tertiary alicyclic amines) is 1. The molecule has 0 aromatic heterocycles. The maximum atomic E-state index is 14.9. The number of benzene rings is 1. The Bertz CT molecular complexity index is 1980. The summed E-state index contributed by atoms with van der Waals surface area (Å²) in [6.45, 7) is 24.5. The molecule has 2 amide bonds. The predicted octanol–water partition coefficient (Wildman–Crippen LogP) is 11.2. The molecule has 63 heavy (non-hydrogen) atoms. The summed E-state index contributed by atoms with van der Waals surface area (Å²) in [6, 6.07) is 7.73. The van der Waals surface area contributed by atoms with Crippen LogP contribution in [0.1, 0.15) is 151 Å². The first-order valence-corrected chi connectivity index (χ1v) is 24.7. The molecular formula is C52H77Cl2N3O6. The second-order valence-corrected chi connectivity index (χ2v) is 23.9. The molecule has 1 aliphatic heterocycles. The number of nitrogens with one attached hydrogen (secondary N) is 1. The smallest absolute Gasteiger partial charge is 0.318 e. The zero-order valence-electron chi connectivity index (χ0n) is 39.7. The number of carbonyl (C=O) groups excluding carboxylic acids is 3. The fraction of sp³-hybridized carbons (Fsp3) is 0.769. The number of carboxylic acid groups (broad SMARTS) is 1. The number of aliphatic carboxylic acids is 1. The first kappa shape index (κ1) is 48.3. The molecule has 11 heteroatoms. The van der Waals surface area contributed by atoms with Crippen molar-refractivity contribution in [2.45, 2.75) is 164 Å². The first-order chi connectivity index (χ1) is 29.1. The van der Waals surface area contributed by atoms with E-state index >= 15 is 0 Å². The molecule has 10 atom stereocenters. The molecule has 1 saturated heterocycles. The van der Waals surface area contributed by atoms with Crippen molar-refractivity contribution < 1.29 is 29.0 Å². The molecule has 6 aliphatic carbocycles. The van der Waals surface area contributed by atoms with Crippen molar-refractivity contribution in [3.8, 4) is 0 Å². The summed E-state index contributed by atoms with van der Waals surface area (Å²) in [6.07, 6.45) is 11.9. The van der Waals surface area contributed by atoms with Gasteiger partial charge in [-0.25, -0.2) is 4.79 Å². The summed E-state index contributed by atoms with van der Waals surface area (Å²) < 4.78 is 6.45. The molecule has 9 nitrogen and oxygen atoms in total. The van der Waals surface area contributed by atoms with Gasteiger partial charge in [-0.3, -0.25) is 14.4 Å². The molecule has 1 aromatic carbocycles. The van der Waals surface area contributed by atoms with Crippen LogP contribution in [0.2, 0.25) is 5.02 Å². The number of Topliss-reactive ketones (excluding diaryl/α,β-unsaturated/α-hetero) is 1. The van der Waals surface area contributed by atoms with Crippen LogP contribution in [-0.2, 0) is 25.7 Å². The highest BCUT2D eigenvalue weighted by atomic mass is 35.5. The maximum absolute atomic E-state index is 14.9. The molecular weight excluding hydrogens is 833 g/mol. The summed E-state index contributed by atoms with van der Waals surface area (Å²) in [5.41, 5.74) is 1.74. The van der Waals surface area contributed by atoms with Crippen LogP contribution < -0.4 is 5.32 Å². The lowest BCUT2D eigenvalue weighted by atomic mass is 9.33. The lowest BCUT2D eigenvalue weighted by Gasteiger charge is -2.72. The number of amides is 2. The average molecular weight is 911 g/mol. The highest BCUT2D eigenvalue weighted by Gasteiger charge is 2.70. The van der Waals surface area contributed by atoms with Crippen LogP contribution in [0.15, 0.2) is 35.4 Å². The van der Waals surface area contributed by atoms with Gasteiger partial charge in [0.15, 0.2) is 5.78 Å². The van der Waals surface area contributed by atoms with Crippen LogP contribution in [-0.4, -0.2) is 76.5 Å². The number of piperidine rings is 1. The molecule has 0 bridgehead atoms. The number of carbonyl (C=O) groups is 4. The van der Waals surface area contributed by atoms with Crippen LogP contribution in [0.4, 0.5) is 4.79 Å². The van der Waals surface area contributed by atoms with E-state index in [0.29, 0.717) is 42.8 Å². The average Bonchev–Trinajstić information content (AvgIpc) is 3.50. The minimum atomic E-state index is -0.832. The summed E-state index contributed by atoms with van der Waals surface area (Å²) in [5, 5.41) is 14.1. The number of hydrogen-bond acceptors (Lipinski definition) is 6. The van der Waals surface area contributed by atoms with Gasteiger partial charge < -0.3 is 25.0 Å². The van der Waals surface area contributed by atoms with E-state index in [9.17, 15) is 24.3 Å². The standard InChI is InChI=1S/C52H76ClN3O6.ClH/c1-32(2)42-38(57)30-52(54-46(61)56(28-27-55-25-11-10-12-26-55)31-33-13-15-34(53)16-14-33)24-23-50(8)35(43(42)52)17-18-40-49(7)21-20-41(48(5,6)39(49)19-22-51(40,50)9)62-45(60)37-29-36(44(58)59)47(37,3)4;/h13-16,32,35-37,39-41H,10-12,17-31H2,1-9H3,(H,54,61)(H,58,59);1H/t35-,36+,37-,39+,40-,41+,49+,50-,51-,52-;/m1./s1. The SMILES string of the molecule is CC(C)C1=C2[C@H]3CC[C@@H]4[C@@]5(C)CC[C@H](OC(=O)[C@H]6C[C@@H](C(=O)O)C6(C)C)C(C)(C)[C@@H]5CC[C@@]4(C)[C@]3(C)CC[C@@]2(NC(=O)N(CCN2CCCCC2)Cc2ccc(Cl)cc2)CC1=O.Cl. The van der Waals surface area contributed by atoms with Crippen molar-refractivity contribution in [1.82, 2.24) is 15.1 Å². The third-order valence-electron chi connectivity index (χ3n) is 19.5. The highest BCUT2D eigenvalue weighted by Crippen LogP contribution is 2.76. The lowest BCUT2D eigenvalue weighted by molar-refractivity contribution is -0.235. The normalized spacial score (nSPS) is 37.9. The summed E-state index contributed by atoms with van der Waals surface area (Å²) in [4.78, 5) is 59.3. The molecule has 1 heterocycles. The zero-order valence-corrected chi connectivity index (χ0v) is 41.3. The van der Waals surface area contributed by atoms with Gasteiger partial charge in [-0.2, -0.15) is 0 Å². The fourth-order valence-corrected chi connectivity index (χ4v) is 15.8. The third kappa shape index (κ3) is 7.89. The molecule has 0 spiro atoms. The minimum Gasteiger partial charge on any atom is -0.481 e. The van der Waals surface area contributed by atoms with E-state index < -0.39 is 22.8 Å². The number of ether oxygens (including phenoxy) is 1. The molecule has 0 radical (unpaired) electrons. The number of esters is 1. The monoisotopic (exact) mass is 910 g/mol. The molecule has 5 saturated carbocycles. The van der Waals surface area contributed by atoms with Gasteiger partial charge in [0.05, 0.1) is 17.4 Å². The summed E-state index contributed by atoms with van der Waals surface area (Å²) >= 11 is 6.28. The van der Waals surface area contributed by atoms with Gasteiger partial charge in [0.25, 0.3) is 0 Å². The van der Waals surface area contributed by atoms with Gasteiger partial charge in [0.2, 0.25) is 0 Å². The van der Waals surface area contributed by atoms with Gasteiger partial charge in [0.1, 0.15) is 6.10 Å². The number of hydrogen-bond donors (Lipinski definition) is 2. The van der Waals surface area contributed by atoms with Crippen LogP contribution >= 0.6 is 24.0 Å². The Morgan fingerprint density at radius 3 is 2.17 bits per heavy atom. The van der Waals surface area contributed by atoms with E-state index in [4.69, 9.17) is 16.3 Å². The second kappa shape index (κ2) is 17.2. The fourth-order valence-electron chi connectivity index (χ4n) is 15.7. The predicted molar refractivity (Wildman–Crippen MR) is 251 cm³/mol. The Balaban J connectivity index is 0.00000595. The molecule has 7 aliphatic rings. The molecule has 6 fully saturated rings. The third-order valence-corrected chi connectivity index (χ3v) is 19.8. The van der Waals surface area contributed by atoms with E-state index in [1.165, 1.54) is 24.8 Å². The number of halogens is 2. The topological polar surface area (TPSA) is 116 Å². The Hall–Kier alpha value is -2.62. The summed E-state index contributed by atoms with van der Waals surface area (Å²) in [7, 11) is 0. The molecule has 0 unspecified atom stereocenters. The Labute approximate surface area is 389 Å². The van der Waals surface area contributed by atoms with Gasteiger partial charge in [-0.05, 0) is 158 Å². The van der Waals surface area contributed by atoms with Gasteiger partial charge >= 0.3 is 18.0 Å². The van der Waals surface area contributed by atoms with Crippen molar-refractivity contribution in [1.29, 1.82) is 0 Å². The van der Waals surface area contributed by atoms with Crippen molar-refractivity contribution in [2.75, 3.05) is 26.2 Å². The molecule has 8 rings (SSSR count). The second-order valence-electron chi connectivity index (χ2n) is 23.4. The number of nitrogens with zero attached hydrogens (tertiary/aromatic N) is 2. The minimum absolute atomic E-state index is 0. The van der Waals surface area contributed by atoms with Gasteiger partial charge in [0, 0.05) is 36.5 Å². The number of allylic oxidation sites excluding steroid dienone is 1. The van der Waals surface area contributed by atoms with Crippen molar-refractivity contribution in [3.05, 3.63) is 46.0 Å². The van der Waals surface area contributed by atoms with Crippen molar-refractivity contribution in [2.24, 2.45) is 62.6 Å². The van der Waals surface area contributed by atoms with Crippen molar-refractivity contribution in [3.63, 3.8) is 0 Å². The van der Waals surface area contributed by atoms with Crippen LogP contribution in [0.5, 0.6) is 0 Å². The largest absolute Gasteiger partial charge is 0.481 e. The number of rotatable bonds is 10. The lowest BCUT2D eigenvalue weighted by Crippen LogP contribution is -2.67. The van der Waals surface area contributed by atoms with E-state index in [1.807, 2.05) is 43.0 Å². The Kier molecular flexibility index (Phi) is 13.2. The highest BCUT2D eigenvalue weighted by molar-refractivity contribution is 6.30. The maximum Gasteiger partial charge on any atom is 0.318 e. The number of urea groups is 1. The molecule has 1 aromatic rings. The number of ketones is 1. The quantitative estimate of drug-likeness (QED) is 0.225. The van der Waals surface area contributed by atoms with Crippen LogP contribution in [0.3, 0.4) is 0 Å². The Morgan fingerprint density at radius 2 is 1.54 bits per heavy atom. The van der Waals surface area contributed by atoms with E-state index in [-0.39, 0.29) is 75.7 Å². The number of carboxylic acids is 1. The first-order valence-electron chi connectivity index (χ1n) is 24.3. The van der Waals surface area contributed by atoms with E-state index in [2.05, 4.69) is 58.7 Å². The van der Waals surface area contributed by atoms with E-state index in [0.717, 1.165) is 82.1 Å². The Morgan fingerprint density at radius 1 is 0.857 bits per heavy atom. The van der Waals surface area contributed by atoms with Gasteiger partial charge in [-0.15, -0.1) is 12.4 Å². The zero-order chi connectivity index (χ0) is 44.8. The van der Waals surface area contributed by atoms with Crippen LogP contribution in [0.25, 0.3) is 0 Å². The number of fused-ring (bicyclic) bond motifs is 7. The molecule has 2 N–H and O–H groups in total. The molecule has 350 valence electrons. The summed E-state index contributed by atoms with van der Waals surface area (Å²) in [5.74, 6) is -0.643. The van der Waals surface area contributed by atoms with Crippen molar-refractivity contribution >= 4 is 47.8 Å². The van der Waals surface area contributed by atoms with Crippen LogP contribution in [0, 0.1) is 62.6 Å². The van der Waals surface area contributed by atoms with Gasteiger partial charge in [-0.1, -0.05) is 92.5 Å².